The van der Waals surface area contributed by atoms with Crippen molar-refractivity contribution >= 4 is 29.5 Å². The molecule has 0 saturated heterocycles. The van der Waals surface area contributed by atoms with E-state index in [-0.39, 0.29) is 12.5 Å². The number of esters is 1. The van der Waals surface area contributed by atoms with Crippen LogP contribution in [0.15, 0.2) is 48.8 Å². The van der Waals surface area contributed by atoms with E-state index in [0.29, 0.717) is 42.0 Å². The van der Waals surface area contributed by atoms with Crippen molar-refractivity contribution in [1.29, 1.82) is 0 Å². The van der Waals surface area contributed by atoms with Crippen LogP contribution in [0.2, 0.25) is 0 Å². The third-order valence-electron chi connectivity index (χ3n) is 5.59. The maximum Gasteiger partial charge on any atom is 0.430 e. The number of pyridine rings is 1. The van der Waals surface area contributed by atoms with E-state index in [2.05, 4.69) is 15.3 Å². The van der Waals surface area contributed by atoms with Gasteiger partial charge in [-0.2, -0.15) is 26.3 Å². The van der Waals surface area contributed by atoms with Gasteiger partial charge in [0.15, 0.2) is 12.4 Å². The summed E-state index contributed by atoms with van der Waals surface area (Å²) >= 11 is 0. The number of H-pyrrole nitrogens is 2. The van der Waals surface area contributed by atoms with Gasteiger partial charge in [-0.05, 0) is 37.1 Å². The quantitative estimate of drug-likeness (QED) is 0.159. The van der Waals surface area contributed by atoms with Gasteiger partial charge in [0.1, 0.15) is 35.6 Å². The number of carbonyl (C=O) groups excluding carboxylic acids is 4. The molecule has 0 aliphatic heterocycles. The first-order valence-corrected chi connectivity index (χ1v) is 13.1. The Labute approximate surface area is 257 Å². The maximum atomic E-state index is 13.0. The van der Waals surface area contributed by atoms with E-state index >= 15 is 0 Å². The number of amides is 1. The summed E-state index contributed by atoms with van der Waals surface area (Å²) in [6.07, 6.45) is -6.23. The van der Waals surface area contributed by atoms with Crippen molar-refractivity contribution in [2.45, 2.75) is 45.7 Å². The van der Waals surface area contributed by atoms with E-state index < -0.39 is 30.3 Å². The van der Waals surface area contributed by atoms with Gasteiger partial charge in [-0.15, -0.1) is 0 Å². The number of nitrogens with one attached hydrogen (secondary N) is 3. The molecule has 2 aromatic heterocycles. The highest BCUT2D eigenvalue weighted by molar-refractivity contribution is 6.00. The van der Waals surface area contributed by atoms with Crippen molar-refractivity contribution in [2.24, 2.45) is 0 Å². The van der Waals surface area contributed by atoms with E-state index in [4.69, 9.17) is 29.3 Å². The molecule has 5 N–H and O–H groups in total. The van der Waals surface area contributed by atoms with Crippen LogP contribution in [-0.4, -0.2) is 54.9 Å². The number of benzene rings is 1. The topological polar surface area (TPSA) is 191 Å². The molecule has 0 spiro atoms. The molecule has 1 amide bonds. The van der Waals surface area contributed by atoms with Gasteiger partial charge in [-0.25, -0.2) is 9.78 Å². The monoisotopic (exact) mass is 664 g/mol. The summed E-state index contributed by atoms with van der Waals surface area (Å²) in [5.41, 5.74) is 4.10. The smallest absolute Gasteiger partial charge is 0.430 e. The Kier molecular flexibility index (Phi) is 15.2. The zero-order valence-corrected chi connectivity index (χ0v) is 24.6. The highest BCUT2D eigenvalue weighted by Crippen LogP contribution is 2.22. The number of carboxylic acids is 2. The van der Waals surface area contributed by atoms with Crippen molar-refractivity contribution in [3.63, 3.8) is 0 Å². The number of methoxy groups -OCH3 is 1. The Bertz CT molecular complexity index is 1420. The molecule has 0 aliphatic rings. The Morgan fingerprint density at radius 2 is 1.52 bits per heavy atom. The normalized spacial score (nSPS) is 10.8. The first kappa shape index (κ1) is 38.9. The lowest BCUT2D eigenvalue weighted by molar-refractivity contribution is -0.589. The molecule has 18 heteroatoms. The molecule has 0 aliphatic carbocycles. The number of rotatable bonds is 10. The largest absolute Gasteiger partial charge is 0.542 e. The van der Waals surface area contributed by atoms with Gasteiger partial charge >= 0.3 is 18.3 Å². The minimum absolute atomic E-state index is 0.257. The van der Waals surface area contributed by atoms with Crippen molar-refractivity contribution < 1.29 is 75.5 Å². The first-order valence-electron chi connectivity index (χ1n) is 13.1. The summed E-state index contributed by atoms with van der Waals surface area (Å²) in [6.45, 7) is 4.78. The van der Waals surface area contributed by atoms with Crippen LogP contribution in [0.4, 0.5) is 32.0 Å². The minimum Gasteiger partial charge on any atom is -0.542 e. The number of carbonyl (C=O) groups is 4. The fraction of sp³-hybridized carbons (Fsp3) is 0.321. The van der Waals surface area contributed by atoms with Crippen molar-refractivity contribution in [2.75, 3.05) is 13.7 Å². The second kappa shape index (κ2) is 18.0. The summed E-state index contributed by atoms with van der Waals surface area (Å²) < 4.78 is 73.6. The molecule has 0 fully saturated rings. The summed E-state index contributed by atoms with van der Waals surface area (Å²) in [4.78, 5) is 49.5. The van der Waals surface area contributed by atoms with Crippen LogP contribution in [0.5, 0.6) is 5.75 Å². The zero-order chi connectivity index (χ0) is 35.1. The summed E-state index contributed by atoms with van der Waals surface area (Å²) in [7, 11) is 1.62. The average Bonchev–Trinajstić information content (AvgIpc) is 3.38. The predicted octanol–water partition coefficient (Wildman–Crippen LogP) is 0.499. The van der Waals surface area contributed by atoms with E-state index in [1.807, 2.05) is 61.0 Å². The van der Waals surface area contributed by atoms with Crippen LogP contribution in [0.1, 0.15) is 51.5 Å². The number of nitrogens with two attached hydrogens (primary N) is 1. The van der Waals surface area contributed by atoms with Crippen molar-refractivity contribution in [1.82, 2.24) is 10.3 Å². The lowest BCUT2D eigenvalue weighted by atomic mass is 10.1. The molecule has 12 nitrogen and oxygen atoms in total. The van der Waals surface area contributed by atoms with Crippen LogP contribution in [-0.2, 0) is 33.8 Å². The molecular weight excluding hydrogens is 634 g/mol. The highest BCUT2D eigenvalue weighted by atomic mass is 19.4. The van der Waals surface area contributed by atoms with Crippen molar-refractivity contribution in [3.8, 4) is 5.75 Å². The van der Waals surface area contributed by atoms with Gasteiger partial charge < -0.3 is 44.9 Å². The molecule has 1 aromatic carbocycles. The standard InChI is InChI=1S/C24H28N4O4.2C2HF3O2/c1-4-19-21(24(30)32-5-2)20(15-26-17-8-10-18(31-3)11-9-17)28-22(19)23(29)27-14-16-7-6-12-25-13-16;2*3-2(4,5)1(6)7/h6-13,26,28H,4-5,14-15H2,1-3H3,(H,27,29);2*(H,6,7). The number of hydrogen-bond donors (Lipinski definition) is 3. The third kappa shape index (κ3) is 12.8. The average molecular weight is 665 g/mol. The number of quaternary nitrogens is 1. The Hall–Kier alpha value is -5.13. The van der Waals surface area contributed by atoms with Crippen LogP contribution >= 0.6 is 0 Å². The fourth-order valence-corrected chi connectivity index (χ4v) is 3.52. The predicted molar refractivity (Wildman–Crippen MR) is 141 cm³/mol. The SMILES string of the molecule is CCOC(=O)c1c(C[NH2+]c2ccc(OC)cc2)[nH]c(C(=O)NCc2ccc[nH+]c2)c1CC.O=C([O-])C(F)(F)F.O=C([O-])C(F)(F)F. The minimum atomic E-state index is -5.19. The maximum absolute atomic E-state index is 13.0. The number of carboxylic acid groups (broad SMARTS) is 2. The lowest BCUT2D eigenvalue weighted by Gasteiger charge is -2.07. The van der Waals surface area contributed by atoms with Gasteiger partial charge in [0.05, 0.1) is 25.0 Å². The van der Waals surface area contributed by atoms with Gasteiger partial charge in [-0.1, -0.05) is 6.92 Å². The molecule has 0 saturated carbocycles. The second-order valence-electron chi connectivity index (χ2n) is 8.75. The van der Waals surface area contributed by atoms with E-state index in [1.54, 1.807) is 14.0 Å². The molecule has 0 radical (unpaired) electrons. The Morgan fingerprint density at radius 1 is 0.957 bits per heavy atom. The third-order valence-corrected chi connectivity index (χ3v) is 5.59. The molecule has 2 heterocycles. The van der Waals surface area contributed by atoms with Crippen molar-refractivity contribution in [3.05, 3.63) is 76.9 Å². The number of halogens is 6. The van der Waals surface area contributed by atoms with Gasteiger partial charge in [-0.3, -0.25) is 4.79 Å². The summed E-state index contributed by atoms with van der Waals surface area (Å²) in [6, 6.07) is 11.4. The molecule has 252 valence electrons. The molecule has 3 aromatic rings. The Morgan fingerprint density at radius 3 is 1.96 bits per heavy atom. The number of hydrogen-bond acceptors (Lipinski definition) is 8. The fourth-order valence-electron chi connectivity index (χ4n) is 3.52. The van der Waals surface area contributed by atoms with Crippen LogP contribution in [0.25, 0.3) is 0 Å². The number of aliphatic carboxylic acids is 2. The van der Waals surface area contributed by atoms with E-state index in [9.17, 15) is 35.9 Å². The molecular formula is C28H30F6N4O8. The molecule has 0 atom stereocenters. The van der Waals surface area contributed by atoms with Crippen LogP contribution in [0, 0.1) is 0 Å². The number of aromatic amines is 2. The molecule has 3 rings (SSSR count). The number of ether oxygens (including phenoxy) is 2. The van der Waals surface area contributed by atoms with Gasteiger partial charge in [0.25, 0.3) is 5.91 Å². The van der Waals surface area contributed by atoms with Crippen LogP contribution in [0.3, 0.4) is 0 Å². The van der Waals surface area contributed by atoms with E-state index in [1.165, 1.54) is 0 Å². The summed E-state index contributed by atoms with van der Waals surface area (Å²) in [5, 5.41) is 22.5. The van der Waals surface area contributed by atoms with E-state index in [0.717, 1.165) is 17.0 Å². The Balaban J connectivity index is 0.000000629. The lowest BCUT2D eigenvalue weighted by Crippen LogP contribution is -2.76. The second-order valence-corrected chi connectivity index (χ2v) is 8.75. The van der Waals surface area contributed by atoms with Crippen LogP contribution < -0.4 is 30.6 Å². The zero-order valence-electron chi connectivity index (χ0n) is 24.6. The van der Waals surface area contributed by atoms with Gasteiger partial charge in [0.2, 0.25) is 0 Å². The van der Waals surface area contributed by atoms with Gasteiger partial charge in [0, 0.05) is 30.3 Å². The highest BCUT2D eigenvalue weighted by Gasteiger charge is 2.30. The molecule has 0 unspecified atom stereocenters. The number of alkyl halides is 6. The molecule has 46 heavy (non-hydrogen) atoms. The first-order chi connectivity index (χ1) is 21.5. The molecule has 0 bridgehead atoms. The summed E-state index contributed by atoms with van der Waals surface area (Å²) in [5.74, 6) is -5.92. The number of aromatic nitrogens is 2.